The Morgan fingerprint density at radius 2 is 1.46 bits per heavy atom. The van der Waals surface area contributed by atoms with Crippen molar-refractivity contribution >= 4 is 21.9 Å². The lowest BCUT2D eigenvalue weighted by atomic mass is 9.77. The normalized spacial score (nSPS) is 18.1. The smallest absolute Gasteiger partial charge is 0.0259 e. The molecule has 0 amide bonds. The van der Waals surface area contributed by atoms with E-state index in [4.69, 9.17) is 5.73 Å². The van der Waals surface area contributed by atoms with Gasteiger partial charge >= 0.3 is 0 Å². The number of benzene rings is 5. The fraction of sp³-hybridized carbons (Fsp3) is 0.300. The second kappa shape index (κ2) is 20.4. The van der Waals surface area contributed by atoms with Crippen LogP contribution in [0.25, 0.3) is 33.0 Å². The Hall–Kier alpha value is -5.50. The van der Waals surface area contributed by atoms with Crippen LogP contribution < -0.4 is 5.73 Å². The van der Waals surface area contributed by atoms with Gasteiger partial charge in [0.2, 0.25) is 0 Å². The zero-order valence-electron chi connectivity index (χ0n) is 37.7. The van der Waals surface area contributed by atoms with E-state index in [1.54, 1.807) is 11.1 Å². The third-order valence-corrected chi connectivity index (χ3v) is 13.3. The van der Waals surface area contributed by atoms with Crippen molar-refractivity contribution in [1.29, 1.82) is 0 Å². The average Bonchev–Trinajstić information content (AvgIpc) is 3.43. The molecule has 2 N–H and O–H groups in total. The van der Waals surface area contributed by atoms with Gasteiger partial charge in [-0.3, -0.25) is 0 Å². The van der Waals surface area contributed by atoms with Crippen molar-refractivity contribution in [1.82, 2.24) is 0 Å². The summed E-state index contributed by atoms with van der Waals surface area (Å²) in [5, 5.41) is 2.66. The molecular formula is C60H67N. The van der Waals surface area contributed by atoms with Crippen LogP contribution in [0.5, 0.6) is 0 Å². The molecular weight excluding hydrogens is 735 g/mol. The summed E-state index contributed by atoms with van der Waals surface area (Å²) in [5.41, 5.74) is 25.3. The summed E-state index contributed by atoms with van der Waals surface area (Å²) in [4.78, 5) is 0. The van der Waals surface area contributed by atoms with Gasteiger partial charge in [0.05, 0.1) is 0 Å². The van der Waals surface area contributed by atoms with Gasteiger partial charge in [-0.2, -0.15) is 0 Å². The Morgan fingerprint density at radius 3 is 2.20 bits per heavy atom. The standard InChI is InChI=1S/C58H61N.C2H6/c1-5-51-54-40-41(2)26-38-56(54)58(3,4)55(51)25-15-24-53-49(35-34-48-20-12-13-23-52(48)53)33-31-47(46-29-27-45(28-30-46)43-18-10-7-11-19-43)37-39-57(59)50-22-14-21-44(32-36-50)42-16-8-6-9-17-42;1-2/h6-13,15-20,23,25-32,34-36,38,41,57H,5,14,21-22,24,33,37,39-40,59H2,1-4H3;1-2H3/b25-15-,47-31+;. The van der Waals surface area contributed by atoms with Crippen molar-refractivity contribution in [2.24, 2.45) is 17.1 Å². The molecule has 312 valence electrons. The third kappa shape index (κ3) is 10.0. The molecule has 0 saturated carbocycles. The van der Waals surface area contributed by atoms with Gasteiger partial charge in [-0.15, -0.1) is 0 Å². The van der Waals surface area contributed by atoms with Crippen LogP contribution >= 0.6 is 0 Å². The number of hydrogen-bond acceptors (Lipinski definition) is 1. The predicted octanol–water partition coefficient (Wildman–Crippen LogP) is 16.2. The number of fused-ring (bicyclic) bond motifs is 1. The first kappa shape index (κ1) is 43.6. The van der Waals surface area contributed by atoms with E-state index in [2.05, 4.69) is 192 Å². The Morgan fingerprint density at radius 1 is 0.770 bits per heavy atom. The molecule has 0 spiro atoms. The molecule has 2 atom stereocenters. The van der Waals surface area contributed by atoms with Crippen LogP contribution in [-0.4, -0.2) is 6.04 Å². The maximum absolute atomic E-state index is 7.07. The minimum atomic E-state index is 0.0238. The summed E-state index contributed by atoms with van der Waals surface area (Å²) < 4.78 is 0. The van der Waals surface area contributed by atoms with Gasteiger partial charge in [-0.25, -0.2) is 0 Å². The monoisotopic (exact) mass is 802 g/mol. The van der Waals surface area contributed by atoms with Gasteiger partial charge in [0.25, 0.3) is 0 Å². The topological polar surface area (TPSA) is 26.0 Å². The van der Waals surface area contributed by atoms with Gasteiger partial charge < -0.3 is 5.73 Å². The Balaban J connectivity index is 0.00000277. The maximum atomic E-state index is 7.07. The molecule has 3 aliphatic carbocycles. The van der Waals surface area contributed by atoms with Crippen LogP contribution in [0, 0.1) is 11.3 Å². The molecule has 5 aromatic rings. The maximum Gasteiger partial charge on any atom is 0.0259 e. The van der Waals surface area contributed by atoms with Crippen LogP contribution in [0.3, 0.4) is 0 Å². The minimum Gasteiger partial charge on any atom is -0.324 e. The van der Waals surface area contributed by atoms with E-state index in [-0.39, 0.29) is 11.5 Å². The Bertz CT molecular complexity index is 2500. The fourth-order valence-electron chi connectivity index (χ4n) is 9.90. The lowest BCUT2D eigenvalue weighted by molar-refractivity contribution is 0.564. The van der Waals surface area contributed by atoms with E-state index < -0.39 is 0 Å². The minimum absolute atomic E-state index is 0.0238. The first-order chi connectivity index (χ1) is 29.8. The second-order valence-electron chi connectivity index (χ2n) is 17.5. The van der Waals surface area contributed by atoms with Crippen molar-refractivity contribution in [3.8, 4) is 11.1 Å². The Labute approximate surface area is 367 Å². The van der Waals surface area contributed by atoms with E-state index in [0.29, 0.717) is 5.92 Å². The first-order valence-corrected chi connectivity index (χ1v) is 23.2. The highest BCUT2D eigenvalue weighted by Gasteiger charge is 2.38. The number of rotatable bonds is 13. The van der Waals surface area contributed by atoms with E-state index in [0.717, 1.165) is 57.8 Å². The molecule has 0 aliphatic heterocycles. The summed E-state index contributed by atoms with van der Waals surface area (Å²) >= 11 is 0. The molecule has 2 unspecified atom stereocenters. The molecule has 5 aromatic carbocycles. The third-order valence-electron chi connectivity index (χ3n) is 13.3. The van der Waals surface area contributed by atoms with Crippen molar-refractivity contribution in [3.05, 3.63) is 214 Å². The van der Waals surface area contributed by atoms with Crippen LogP contribution in [0.15, 0.2) is 192 Å². The summed E-state index contributed by atoms with van der Waals surface area (Å²) in [6.07, 6.45) is 26.0. The number of allylic oxidation sites excluding steroid dienone is 13. The van der Waals surface area contributed by atoms with E-state index >= 15 is 0 Å². The molecule has 0 radical (unpaired) electrons. The zero-order valence-corrected chi connectivity index (χ0v) is 37.7. The van der Waals surface area contributed by atoms with Gasteiger partial charge in [-0.1, -0.05) is 211 Å². The quantitative estimate of drug-likeness (QED) is 0.126. The van der Waals surface area contributed by atoms with Crippen molar-refractivity contribution in [2.75, 3.05) is 0 Å². The van der Waals surface area contributed by atoms with Crippen LogP contribution in [0.1, 0.15) is 109 Å². The first-order valence-electron chi connectivity index (χ1n) is 23.2. The summed E-state index contributed by atoms with van der Waals surface area (Å²) in [7, 11) is 0. The predicted molar refractivity (Wildman–Crippen MR) is 266 cm³/mol. The van der Waals surface area contributed by atoms with Gasteiger partial charge in [0.15, 0.2) is 0 Å². The summed E-state index contributed by atoms with van der Waals surface area (Å²) in [6.45, 7) is 13.5. The molecule has 1 heteroatoms. The SMILES string of the molecule is CC.CCC1=C(/C=C\Cc2c(C/C=C(\CCC(N)C3=CC=C(c4ccccc4)CCC3)c3ccc(-c4ccccc4)cc3)ccc3ccccc23)C(C)(C)C2=C1CC(C)C=C2. The van der Waals surface area contributed by atoms with Crippen molar-refractivity contribution in [3.63, 3.8) is 0 Å². The number of nitrogens with two attached hydrogens (primary N) is 1. The van der Waals surface area contributed by atoms with E-state index in [9.17, 15) is 0 Å². The molecule has 0 heterocycles. The molecule has 8 rings (SSSR count). The highest BCUT2D eigenvalue weighted by Crippen LogP contribution is 2.52. The van der Waals surface area contributed by atoms with Crippen LogP contribution in [-0.2, 0) is 12.8 Å². The van der Waals surface area contributed by atoms with E-state index in [1.807, 2.05) is 13.8 Å². The highest BCUT2D eigenvalue weighted by atomic mass is 14.6. The van der Waals surface area contributed by atoms with Crippen molar-refractivity contribution in [2.45, 2.75) is 105 Å². The van der Waals surface area contributed by atoms with Gasteiger partial charge in [0.1, 0.15) is 0 Å². The fourth-order valence-corrected chi connectivity index (χ4v) is 9.90. The van der Waals surface area contributed by atoms with Gasteiger partial charge in [-0.05, 0) is 141 Å². The second-order valence-corrected chi connectivity index (χ2v) is 17.5. The molecule has 0 aromatic heterocycles. The molecule has 61 heavy (non-hydrogen) atoms. The van der Waals surface area contributed by atoms with Crippen LogP contribution in [0.4, 0.5) is 0 Å². The Kier molecular flexibility index (Phi) is 14.6. The summed E-state index contributed by atoms with van der Waals surface area (Å²) in [6, 6.07) is 44.3. The zero-order chi connectivity index (χ0) is 42.8. The van der Waals surface area contributed by atoms with E-state index in [1.165, 1.54) is 72.0 Å². The van der Waals surface area contributed by atoms with Gasteiger partial charge in [0, 0.05) is 11.5 Å². The molecule has 0 bridgehead atoms. The summed E-state index contributed by atoms with van der Waals surface area (Å²) in [5.74, 6) is 0.599. The van der Waals surface area contributed by atoms with Crippen LogP contribution in [0.2, 0.25) is 0 Å². The largest absolute Gasteiger partial charge is 0.324 e. The molecule has 0 fully saturated rings. The molecule has 1 nitrogen and oxygen atoms in total. The lowest BCUT2D eigenvalue weighted by Crippen LogP contribution is -2.22. The molecule has 0 saturated heterocycles. The molecule has 3 aliphatic rings. The highest BCUT2D eigenvalue weighted by molar-refractivity contribution is 5.87. The lowest BCUT2D eigenvalue weighted by Gasteiger charge is -2.26. The van der Waals surface area contributed by atoms with Crippen molar-refractivity contribution < 1.29 is 0 Å². The number of hydrogen-bond donors (Lipinski definition) is 1. The average molecular weight is 802 g/mol.